The Balaban J connectivity index is 1.17. The Hall–Kier alpha value is -3.11. The smallest absolute Gasteiger partial charge is 0.534 e. The zero-order valence-electron chi connectivity index (χ0n) is 19.1. The Bertz CT molecular complexity index is 985. The number of carbonyl (C=O) groups excluding carboxylic acids is 1. The van der Waals surface area contributed by atoms with Gasteiger partial charge in [0.2, 0.25) is 5.91 Å². The summed E-state index contributed by atoms with van der Waals surface area (Å²) in [6.07, 6.45) is 6.53. The van der Waals surface area contributed by atoms with Crippen LogP contribution in [0, 0.1) is 5.92 Å². The van der Waals surface area contributed by atoms with Crippen LogP contribution >= 0.6 is 0 Å². The Morgan fingerprint density at radius 3 is 2.65 bits per heavy atom. The molecule has 0 unspecified atom stereocenters. The Kier molecular flexibility index (Phi) is 8.02. The van der Waals surface area contributed by atoms with Crippen molar-refractivity contribution in [3.63, 3.8) is 0 Å². The van der Waals surface area contributed by atoms with Crippen molar-refractivity contribution in [3.05, 3.63) is 53.7 Å². The number of para-hydroxylation sites is 1. The minimum absolute atomic E-state index is 0.0132. The van der Waals surface area contributed by atoms with Crippen LogP contribution in [0.1, 0.15) is 48.0 Å². The second-order valence-electron chi connectivity index (χ2n) is 9.00. The van der Waals surface area contributed by atoms with E-state index in [1.807, 2.05) is 18.2 Å². The molecule has 4 rings (SSSR count). The summed E-state index contributed by atoms with van der Waals surface area (Å²) in [5.41, 5.74) is 0.679. The van der Waals surface area contributed by atoms with E-state index in [4.69, 9.17) is 4.65 Å². The van der Waals surface area contributed by atoms with Crippen LogP contribution in [-0.2, 0) is 11.2 Å². The molecule has 1 aromatic carbocycles. The molecule has 1 atom stereocenters. The third-order valence-electron chi connectivity index (χ3n) is 6.55. The van der Waals surface area contributed by atoms with Crippen molar-refractivity contribution in [3.8, 4) is 5.75 Å². The number of hydrogen-bond donors (Lipinski definition) is 5. The molecule has 1 amide bonds. The minimum atomic E-state index is -1.28. The molecule has 0 saturated heterocycles. The summed E-state index contributed by atoms with van der Waals surface area (Å²) in [5, 5.41) is 29.4. The van der Waals surface area contributed by atoms with E-state index in [9.17, 15) is 19.7 Å². The number of pyridine rings is 1. The highest BCUT2D eigenvalue weighted by Crippen LogP contribution is 2.31. The van der Waals surface area contributed by atoms with E-state index < -0.39 is 19.0 Å². The molecule has 2 aliphatic rings. The molecule has 2 aromatic rings. The molecule has 1 aromatic heterocycles. The number of hydrogen-bond acceptors (Lipinski definition) is 7. The third-order valence-corrected chi connectivity index (χ3v) is 6.55. The molecule has 1 aliphatic heterocycles. The molecule has 1 fully saturated rings. The van der Waals surface area contributed by atoms with Gasteiger partial charge in [0.25, 0.3) is 0 Å². The number of amides is 1. The summed E-state index contributed by atoms with van der Waals surface area (Å²) < 4.78 is 5.46. The standard InChI is InChI=1S/C24H31BN4O5/c30-22(29-20-15-17-4-3-5-19(24(31)32)23(17)34-25(20)33)14-16-7-9-18(10-8-16)26-12-13-28-21-6-1-2-11-27-21/h1-6,11,16,18,20,26,33H,7-10,12-15H2,(H,27,28)(H,29,30)(H,31,32)/t16-,18-,20-/m0/s1. The van der Waals surface area contributed by atoms with E-state index in [-0.39, 0.29) is 17.2 Å². The molecule has 10 heteroatoms. The monoisotopic (exact) mass is 466 g/mol. The van der Waals surface area contributed by atoms with Gasteiger partial charge in [-0.25, -0.2) is 9.78 Å². The van der Waals surface area contributed by atoms with Crippen LogP contribution in [0.15, 0.2) is 42.6 Å². The normalized spacial score (nSPS) is 21.8. The number of carboxylic acid groups (broad SMARTS) is 1. The van der Waals surface area contributed by atoms with E-state index in [0.717, 1.165) is 44.6 Å². The summed E-state index contributed by atoms with van der Waals surface area (Å²) >= 11 is 0. The second kappa shape index (κ2) is 11.3. The average molecular weight is 466 g/mol. The number of benzene rings is 1. The van der Waals surface area contributed by atoms with Gasteiger partial charge in [-0.2, -0.15) is 0 Å². The van der Waals surface area contributed by atoms with Crippen LogP contribution in [0.4, 0.5) is 5.82 Å². The minimum Gasteiger partial charge on any atom is -0.534 e. The molecule has 0 radical (unpaired) electrons. The van der Waals surface area contributed by atoms with Gasteiger partial charge in [0, 0.05) is 31.7 Å². The maximum Gasteiger partial charge on any atom is 0.547 e. The number of carbonyl (C=O) groups is 2. The molecule has 1 saturated carbocycles. The molecule has 5 N–H and O–H groups in total. The Morgan fingerprint density at radius 2 is 1.91 bits per heavy atom. The SMILES string of the molecule is O=C(C[C@H]1CC[C@H](NCCNc2ccccn2)CC1)N[C@H]1Cc2cccc(C(=O)O)c2OB1O. The van der Waals surface area contributed by atoms with Gasteiger partial charge in [-0.15, -0.1) is 0 Å². The summed E-state index contributed by atoms with van der Waals surface area (Å²) in [7, 11) is -1.28. The average Bonchev–Trinajstić information content (AvgIpc) is 2.83. The number of nitrogens with one attached hydrogen (secondary N) is 3. The van der Waals surface area contributed by atoms with E-state index in [0.29, 0.717) is 30.4 Å². The predicted molar refractivity (Wildman–Crippen MR) is 129 cm³/mol. The zero-order chi connectivity index (χ0) is 23.9. The van der Waals surface area contributed by atoms with Gasteiger partial charge in [0.15, 0.2) is 0 Å². The lowest BCUT2D eigenvalue weighted by molar-refractivity contribution is -0.122. The Morgan fingerprint density at radius 1 is 1.09 bits per heavy atom. The number of aromatic nitrogens is 1. The summed E-state index contributed by atoms with van der Waals surface area (Å²) in [6, 6.07) is 11.1. The van der Waals surface area contributed by atoms with Crippen LogP contribution in [0.5, 0.6) is 5.75 Å². The fourth-order valence-corrected chi connectivity index (χ4v) is 4.75. The Labute approximate surface area is 199 Å². The first kappa shape index (κ1) is 24.0. The topological polar surface area (TPSA) is 133 Å². The van der Waals surface area contributed by atoms with Crippen molar-refractivity contribution in [1.29, 1.82) is 0 Å². The molecule has 180 valence electrons. The highest BCUT2D eigenvalue weighted by molar-refractivity contribution is 6.47. The van der Waals surface area contributed by atoms with Gasteiger partial charge in [-0.1, -0.05) is 18.2 Å². The maximum atomic E-state index is 12.6. The molecule has 9 nitrogen and oxygen atoms in total. The number of carboxylic acids is 1. The third kappa shape index (κ3) is 6.27. The number of aromatic carboxylic acids is 1. The lowest BCUT2D eigenvalue weighted by atomic mass is 9.72. The van der Waals surface area contributed by atoms with Crippen molar-refractivity contribution < 1.29 is 24.4 Å². The van der Waals surface area contributed by atoms with Crippen molar-refractivity contribution in [2.24, 2.45) is 5.92 Å². The first-order valence-electron chi connectivity index (χ1n) is 11.9. The molecule has 0 bridgehead atoms. The van der Waals surface area contributed by atoms with E-state index in [1.54, 1.807) is 18.3 Å². The van der Waals surface area contributed by atoms with Crippen molar-refractivity contribution in [2.75, 3.05) is 18.4 Å². The fourth-order valence-electron chi connectivity index (χ4n) is 4.75. The molecule has 2 heterocycles. The van der Waals surface area contributed by atoms with E-state index in [1.165, 1.54) is 6.07 Å². The van der Waals surface area contributed by atoms with Crippen molar-refractivity contribution >= 4 is 24.8 Å². The summed E-state index contributed by atoms with van der Waals surface area (Å²) in [4.78, 5) is 28.3. The van der Waals surface area contributed by atoms with Crippen LogP contribution in [0.2, 0.25) is 0 Å². The molecule has 34 heavy (non-hydrogen) atoms. The lowest BCUT2D eigenvalue weighted by Gasteiger charge is -2.31. The first-order chi connectivity index (χ1) is 16.5. The van der Waals surface area contributed by atoms with Crippen LogP contribution in [-0.4, -0.2) is 59.2 Å². The molecule has 0 spiro atoms. The largest absolute Gasteiger partial charge is 0.547 e. The van der Waals surface area contributed by atoms with Crippen LogP contribution < -0.4 is 20.6 Å². The van der Waals surface area contributed by atoms with Gasteiger partial charge in [0.05, 0.1) is 11.5 Å². The van der Waals surface area contributed by atoms with Crippen molar-refractivity contribution in [2.45, 2.75) is 50.5 Å². The van der Waals surface area contributed by atoms with Crippen molar-refractivity contribution in [1.82, 2.24) is 15.6 Å². The highest BCUT2D eigenvalue weighted by atomic mass is 16.5. The van der Waals surface area contributed by atoms with Gasteiger partial charge < -0.3 is 30.7 Å². The predicted octanol–water partition coefficient (Wildman–Crippen LogP) is 1.87. The zero-order valence-corrected chi connectivity index (χ0v) is 19.1. The van der Waals surface area contributed by atoms with Crippen LogP contribution in [0.25, 0.3) is 0 Å². The number of anilines is 1. The van der Waals surface area contributed by atoms with E-state index in [2.05, 4.69) is 20.9 Å². The number of nitrogens with zero attached hydrogens (tertiary/aromatic N) is 1. The fraction of sp³-hybridized carbons (Fsp3) is 0.458. The highest BCUT2D eigenvalue weighted by Gasteiger charge is 2.38. The molecular weight excluding hydrogens is 435 g/mol. The molecular formula is C24H31BN4O5. The van der Waals surface area contributed by atoms with Crippen LogP contribution in [0.3, 0.4) is 0 Å². The summed E-state index contributed by atoms with van der Waals surface area (Å²) in [5.74, 6) is -0.458. The van der Waals surface area contributed by atoms with Gasteiger partial charge >= 0.3 is 13.1 Å². The quantitative estimate of drug-likeness (QED) is 0.280. The maximum absolute atomic E-state index is 12.6. The van der Waals surface area contributed by atoms with Gasteiger partial charge in [-0.05, 0) is 61.8 Å². The second-order valence-corrected chi connectivity index (χ2v) is 9.00. The lowest BCUT2D eigenvalue weighted by Crippen LogP contribution is -2.53. The van der Waals surface area contributed by atoms with Gasteiger partial charge in [0.1, 0.15) is 11.6 Å². The van der Waals surface area contributed by atoms with E-state index >= 15 is 0 Å². The van der Waals surface area contributed by atoms with Gasteiger partial charge in [-0.3, -0.25) is 4.79 Å². The summed E-state index contributed by atoms with van der Waals surface area (Å²) in [6.45, 7) is 1.67. The first-order valence-corrected chi connectivity index (χ1v) is 11.9. The number of fused-ring (bicyclic) bond motifs is 1. The molecule has 1 aliphatic carbocycles. The number of rotatable bonds is 9.